The molecule has 0 radical (unpaired) electrons. The number of rotatable bonds is 4. The zero-order valence-corrected chi connectivity index (χ0v) is 14.7. The van der Waals surface area contributed by atoms with Gasteiger partial charge in [-0.15, -0.1) is 0 Å². The Morgan fingerprint density at radius 3 is 2.62 bits per heavy atom. The summed E-state index contributed by atoms with van der Waals surface area (Å²) in [6.07, 6.45) is 1.54. The van der Waals surface area contributed by atoms with Gasteiger partial charge in [-0.3, -0.25) is 0 Å². The van der Waals surface area contributed by atoms with Gasteiger partial charge in [0.25, 0.3) is 0 Å². The minimum Gasteiger partial charge on any atom is -0.319 e. The van der Waals surface area contributed by atoms with Crippen LogP contribution in [0.2, 0.25) is 5.02 Å². The van der Waals surface area contributed by atoms with Crippen LogP contribution in [0.25, 0.3) is 0 Å². The van der Waals surface area contributed by atoms with Crippen molar-refractivity contribution in [2.75, 3.05) is 26.7 Å². The Labute approximate surface area is 137 Å². The molecule has 4 nitrogen and oxygen atoms in total. The quantitative estimate of drug-likeness (QED) is 0.792. The monoisotopic (exact) mass is 398 g/mol. The lowest BCUT2D eigenvalue weighted by molar-refractivity contribution is 0.270. The lowest BCUT2D eigenvalue weighted by Gasteiger charge is -2.31. The first-order valence-corrected chi connectivity index (χ1v) is 9.26. The van der Waals surface area contributed by atoms with Crippen molar-refractivity contribution in [3.8, 4) is 0 Å². The summed E-state index contributed by atoms with van der Waals surface area (Å²) < 4.78 is 40.7. The highest BCUT2D eigenvalue weighted by atomic mass is 79.9. The van der Waals surface area contributed by atoms with Gasteiger partial charge in [-0.05, 0) is 60.4 Å². The van der Waals surface area contributed by atoms with E-state index in [1.807, 2.05) is 7.05 Å². The molecule has 0 unspecified atom stereocenters. The number of sulfonamides is 1. The third-order valence-corrected chi connectivity index (χ3v) is 6.77. The summed E-state index contributed by atoms with van der Waals surface area (Å²) >= 11 is 8.97. The summed E-state index contributed by atoms with van der Waals surface area (Å²) in [6, 6.07) is 2.25. The number of hydrogen-bond acceptors (Lipinski definition) is 3. The van der Waals surface area contributed by atoms with Crippen LogP contribution in [0.4, 0.5) is 4.39 Å². The van der Waals surface area contributed by atoms with Crippen molar-refractivity contribution < 1.29 is 12.8 Å². The normalized spacial score (nSPS) is 18.1. The van der Waals surface area contributed by atoms with Crippen LogP contribution < -0.4 is 5.32 Å². The predicted molar refractivity (Wildman–Crippen MR) is 84.5 cm³/mol. The Morgan fingerprint density at radius 1 is 1.43 bits per heavy atom. The summed E-state index contributed by atoms with van der Waals surface area (Å²) in [6.45, 7) is 1.68. The second-order valence-corrected chi connectivity index (χ2v) is 8.27. The van der Waals surface area contributed by atoms with Gasteiger partial charge in [0.1, 0.15) is 10.7 Å². The smallest absolute Gasteiger partial charge is 0.246 e. The molecule has 0 aliphatic carbocycles. The number of benzene rings is 1. The Bertz CT molecular complexity index is 619. The van der Waals surface area contributed by atoms with Gasteiger partial charge < -0.3 is 5.32 Å². The van der Waals surface area contributed by atoms with Gasteiger partial charge in [0.15, 0.2) is 0 Å². The van der Waals surface area contributed by atoms with Crippen LogP contribution in [-0.2, 0) is 10.0 Å². The summed E-state index contributed by atoms with van der Waals surface area (Å²) in [5.41, 5.74) is 0. The fourth-order valence-corrected chi connectivity index (χ4v) is 4.57. The molecule has 1 N–H and O–H groups in total. The van der Waals surface area contributed by atoms with Crippen molar-refractivity contribution in [1.29, 1.82) is 0 Å². The highest BCUT2D eigenvalue weighted by Gasteiger charge is 2.31. The molecule has 118 valence electrons. The Kier molecular flexibility index (Phi) is 5.65. The first-order valence-electron chi connectivity index (χ1n) is 6.65. The zero-order valence-electron chi connectivity index (χ0n) is 11.6. The molecule has 0 atom stereocenters. The molecule has 1 saturated heterocycles. The van der Waals surface area contributed by atoms with Gasteiger partial charge in [-0.2, -0.15) is 4.31 Å². The molecule has 0 bridgehead atoms. The highest BCUT2D eigenvalue weighted by Crippen LogP contribution is 2.31. The second kappa shape index (κ2) is 6.91. The van der Waals surface area contributed by atoms with Gasteiger partial charge in [0.2, 0.25) is 10.0 Å². The van der Waals surface area contributed by atoms with Crippen LogP contribution >= 0.6 is 27.5 Å². The first kappa shape index (κ1) is 17.1. The maximum Gasteiger partial charge on any atom is 0.246 e. The molecule has 1 fully saturated rings. The highest BCUT2D eigenvalue weighted by molar-refractivity contribution is 9.10. The van der Waals surface area contributed by atoms with E-state index in [1.165, 1.54) is 4.31 Å². The predicted octanol–water partition coefficient (Wildman–Crippen LogP) is 2.86. The maximum atomic E-state index is 14.0. The van der Waals surface area contributed by atoms with Crippen molar-refractivity contribution in [1.82, 2.24) is 9.62 Å². The van der Waals surface area contributed by atoms with E-state index in [4.69, 9.17) is 11.6 Å². The topological polar surface area (TPSA) is 49.4 Å². The van der Waals surface area contributed by atoms with E-state index in [0.717, 1.165) is 31.5 Å². The van der Waals surface area contributed by atoms with E-state index in [0.29, 0.717) is 23.5 Å². The van der Waals surface area contributed by atoms with Gasteiger partial charge in [0, 0.05) is 17.6 Å². The third-order valence-electron chi connectivity index (χ3n) is 3.66. The van der Waals surface area contributed by atoms with E-state index in [-0.39, 0.29) is 9.92 Å². The lowest BCUT2D eigenvalue weighted by Crippen LogP contribution is -2.40. The van der Waals surface area contributed by atoms with Crippen LogP contribution in [0.1, 0.15) is 12.8 Å². The largest absolute Gasteiger partial charge is 0.319 e. The average molecular weight is 400 g/mol. The molecule has 8 heteroatoms. The minimum absolute atomic E-state index is 0.181. The second-order valence-electron chi connectivity index (χ2n) is 5.10. The number of hydrogen-bond donors (Lipinski definition) is 1. The molecule has 0 amide bonds. The minimum atomic E-state index is -3.84. The molecule has 1 heterocycles. The molecular weight excluding hydrogens is 383 g/mol. The molecule has 0 saturated carbocycles. The van der Waals surface area contributed by atoms with Gasteiger partial charge in [-0.25, -0.2) is 12.8 Å². The Morgan fingerprint density at radius 2 is 2.05 bits per heavy atom. The fraction of sp³-hybridized carbons (Fsp3) is 0.538. The molecule has 0 aromatic heterocycles. The van der Waals surface area contributed by atoms with Crippen LogP contribution in [0.3, 0.4) is 0 Å². The van der Waals surface area contributed by atoms with Crippen molar-refractivity contribution in [2.24, 2.45) is 5.92 Å². The van der Waals surface area contributed by atoms with E-state index < -0.39 is 15.8 Å². The van der Waals surface area contributed by atoms with Crippen LogP contribution in [0.15, 0.2) is 21.5 Å². The summed E-state index contributed by atoms with van der Waals surface area (Å²) in [7, 11) is -1.96. The SMILES string of the molecule is CNCC1CCN(S(=O)(=O)c2cc(Cl)c(Br)cc2F)CC1. The Balaban J connectivity index is 2.22. The molecule has 21 heavy (non-hydrogen) atoms. The average Bonchev–Trinajstić information content (AvgIpc) is 2.43. The maximum absolute atomic E-state index is 14.0. The van der Waals surface area contributed by atoms with Gasteiger partial charge in [-0.1, -0.05) is 11.6 Å². The molecule has 1 aromatic rings. The first-order chi connectivity index (χ1) is 9.86. The van der Waals surface area contributed by atoms with E-state index in [9.17, 15) is 12.8 Å². The lowest BCUT2D eigenvalue weighted by atomic mass is 9.98. The summed E-state index contributed by atoms with van der Waals surface area (Å²) in [5.74, 6) is -0.330. The van der Waals surface area contributed by atoms with Crippen molar-refractivity contribution in [3.05, 3.63) is 27.4 Å². The van der Waals surface area contributed by atoms with Crippen molar-refractivity contribution >= 4 is 37.6 Å². The molecule has 0 spiro atoms. The summed E-state index contributed by atoms with van der Waals surface area (Å²) in [4.78, 5) is -0.359. The van der Waals surface area contributed by atoms with Crippen LogP contribution in [0, 0.1) is 11.7 Å². The van der Waals surface area contributed by atoms with E-state index in [1.54, 1.807) is 0 Å². The van der Waals surface area contributed by atoms with Crippen LogP contribution in [-0.4, -0.2) is 39.4 Å². The molecule has 1 aliphatic rings. The zero-order chi connectivity index (χ0) is 15.6. The van der Waals surface area contributed by atoms with Crippen molar-refractivity contribution in [2.45, 2.75) is 17.7 Å². The molecule has 2 rings (SSSR count). The summed E-state index contributed by atoms with van der Waals surface area (Å²) in [5, 5.41) is 3.28. The van der Waals surface area contributed by atoms with Gasteiger partial charge >= 0.3 is 0 Å². The van der Waals surface area contributed by atoms with E-state index >= 15 is 0 Å². The standard InChI is InChI=1S/C13H17BrClFN2O2S/c1-17-8-9-2-4-18(5-3-9)21(19,20)13-7-11(15)10(14)6-12(13)16/h6-7,9,17H,2-5,8H2,1H3. The molecule has 1 aliphatic heterocycles. The Hall–Kier alpha value is -0.210. The van der Waals surface area contributed by atoms with E-state index in [2.05, 4.69) is 21.2 Å². The van der Waals surface area contributed by atoms with Crippen molar-refractivity contribution in [3.63, 3.8) is 0 Å². The third kappa shape index (κ3) is 3.76. The van der Waals surface area contributed by atoms with Crippen LogP contribution in [0.5, 0.6) is 0 Å². The molecule has 1 aromatic carbocycles. The fourth-order valence-electron chi connectivity index (χ4n) is 2.48. The number of halogens is 3. The molecular formula is C13H17BrClFN2O2S. The van der Waals surface area contributed by atoms with Gasteiger partial charge in [0.05, 0.1) is 5.02 Å². The number of piperidine rings is 1. The number of nitrogens with one attached hydrogen (secondary N) is 1. The number of nitrogens with zero attached hydrogens (tertiary/aromatic N) is 1.